The number of aromatic carboxylic acids is 1. The lowest BCUT2D eigenvalue weighted by atomic mass is 10.0. The van der Waals surface area contributed by atoms with E-state index in [0.29, 0.717) is 5.56 Å². The Morgan fingerprint density at radius 1 is 1.12 bits per heavy atom. The number of hydrogen-bond donors (Lipinski definition) is 1. The third-order valence-electron chi connectivity index (χ3n) is 4.88. The Morgan fingerprint density at radius 3 is 2.56 bits per heavy atom. The molecule has 0 aliphatic carbocycles. The second-order valence-electron chi connectivity index (χ2n) is 6.71. The van der Waals surface area contributed by atoms with Crippen LogP contribution in [0.1, 0.15) is 39.9 Å². The maximum Gasteiger partial charge on any atom is 0.335 e. The molecule has 1 amide bonds. The fourth-order valence-corrected chi connectivity index (χ4v) is 3.52. The Morgan fingerprint density at radius 2 is 1.84 bits per heavy atom. The summed E-state index contributed by atoms with van der Waals surface area (Å²) >= 11 is 0. The van der Waals surface area contributed by atoms with E-state index in [1.807, 2.05) is 4.90 Å². The Balaban J connectivity index is 1.71. The van der Waals surface area contributed by atoms with E-state index in [2.05, 4.69) is 31.2 Å². The second-order valence-corrected chi connectivity index (χ2v) is 6.71. The maximum absolute atomic E-state index is 12.8. The highest BCUT2D eigenvalue weighted by atomic mass is 16.4. The summed E-state index contributed by atoms with van der Waals surface area (Å²) in [6.45, 7) is 2.82. The van der Waals surface area contributed by atoms with Crippen molar-refractivity contribution >= 4 is 11.9 Å². The van der Waals surface area contributed by atoms with Gasteiger partial charge in [-0.05, 0) is 43.4 Å². The Labute approximate surface area is 148 Å². The van der Waals surface area contributed by atoms with Gasteiger partial charge in [-0.15, -0.1) is 0 Å². The molecule has 0 radical (unpaired) electrons. The van der Waals surface area contributed by atoms with E-state index in [4.69, 9.17) is 0 Å². The Bertz CT molecular complexity index is 767. The van der Waals surface area contributed by atoms with Gasteiger partial charge in [0.05, 0.1) is 12.0 Å². The van der Waals surface area contributed by atoms with Crippen LogP contribution < -0.4 is 0 Å². The van der Waals surface area contributed by atoms with E-state index < -0.39 is 5.97 Å². The maximum atomic E-state index is 12.8. The fraction of sp³-hybridized carbons (Fsp3) is 0.333. The molecule has 130 valence electrons. The van der Waals surface area contributed by atoms with Gasteiger partial charge in [-0.2, -0.15) is 0 Å². The van der Waals surface area contributed by atoms with Gasteiger partial charge in [-0.3, -0.25) is 4.79 Å². The summed E-state index contributed by atoms with van der Waals surface area (Å²) in [7, 11) is 0. The molecule has 1 N–H and O–H groups in total. The van der Waals surface area contributed by atoms with Crippen LogP contribution in [0.4, 0.5) is 0 Å². The van der Waals surface area contributed by atoms with Crippen LogP contribution in [-0.4, -0.2) is 34.5 Å². The molecular formula is C21H23NO3. The molecule has 0 aromatic heterocycles. The van der Waals surface area contributed by atoms with Gasteiger partial charge in [-0.25, -0.2) is 4.79 Å². The highest BCUT2D eigenvalue weighted by Gasteiger charge is 2.29. The first kappa shape index (κ1) is 17.2. The van der Waals surface area contributed by atoms with Crippen LogP contribution in [0.3, 0.4) is 0 Å². The summed E-state index contributed by atoms with van der Waals surface area (Å²) < 4.78 is 0. The van der Waals surface area contributed by atoms with Gasteiger partial charge in [0, 0.05) is 12.6 Å². The van der Waals surface area contributed by atoms with E-state index in [0.717, 1.165) is 25.8 Å². The number of amides is 1. The number of carboxylic acids is 1. The molecule has 1 atom stereocenters. The van der Waals surface area contributed by atoms with Crippen LogP contribution in [0.5, 0.6) is 0 Å². The number of benzene rings is 2. The van der Waals surface area contributed by atoms with E-state index in [1.54, 1.807) is 24.3 Å². The normalized spacial score (nSPS) is 16.8. The topological polar surface area (TPSA) is 57.6 Å². The number of nitrogens with zero attached hydrogens (tertiary/aromatic N) is 1. The van der Waals surface area contributed by atoms with Gasteiger partial charge in [-0.1, -0.05) is 48.0 Å². The largest absolute Gasteiger partial charge is 0.478 e. The fourth-order valence-electron chi connectivity index (χ4n) is 3.52. The number of carbonyl (C=O) groups excluding carboxylic acids is 1. The van der Waals surface area contributed by atoms with Crippen molar-refractivity contribution in [2.45, 2.75) is 38.6 Å². The zero-order chi connectivity index (χ0) is 17.8. The van der Waals surface area contributed by atoms with Crippen LogP contribution in [0.2, 0.25) is 0 Å². The molecule has 4 heteroatoms. The zero-order valence-electron chi connectivity index (χ0n) is 14.4. The molecule has 1 saturated heterocycles. The van der Waals surface area contributed by atoms with Gasteiger partial charge < -0.3 is 10.0 Å². The molecule has 1 fully saturated rings. The molecule has 2 aromatic rings. The lowest BCUT2D eigenvalue weighted by Crippen LogP contribution is -2.38. The predicted molar refractivity (Wildman–Crippen MR) is 96.7 cm³/mol. The van der Waals surface area contributed by atoms with Crippen molar-refractivity contribution < 1.29 is 14.7 Å². The van der Waals surface area contributed by atoms with Crippen LogP contribution in [0.25, 0.3) is 0 Å². The highest BCUT2D eigenvalue weighted by Crippen LogP contribution is 2.23. The summed E-state index contributed by atoms with van der Waals surface area (Å²) in [6.07, 6.45) is 3.00. The Kier molecular flexibility index (Phi) is 5.17. The molecule has 0 spiro atoms. The van der Waals surface area contributed by atoms with Crippen molar-refractivity contribution in [3.05, 3.63) is 70.8 Å². The van der Waals surface area contributed by atoms with Crippen LogP contribution in [0, 0.1) is 6.92 Å². The van der Waals surface area contributed by atoms with Crippen LogP contribution in [0.15, 0.2) is 48.5 Å². The summed E-state index contributed by atoms with van der Waals surface area (Å²) in [5, 5.41) is 9.29. The smallest absolute Gasteiger partial charge is 0.335 e. The molecule has 3 rings (SSSR count). The molecule has 0 bridgehead atoms. The summed E-state index contributed by atoms with van der Waals surface area (Å²) in [5.41, 5.74) is 3.26. The lowest BCUT2D eigenvalue weighted by molar-refractivity contribution is -0.131. The molecule has 2 aromatic carbocycles. The molecular weight excluding hydrogens is 314 g/mol. The van der Waals surface area contributed by atoms with Crippen LogP contribution >= 0.6 is 0 Å². The number of likely N-dealkylation sites (tertiary alicyclic amines) is 1. The van der Waals surface area contributed by atoms with E-state index >= 15 is 0 Å². The molecule has 25 heavy (non-hydrogen) atoms. The monoisotopic (exact) mass is 337 g/mol. The number of carboxylic acid groups (broad SMARTS) is 1. The average molecular weight is 337 g/mol. The van der Waals surface area contributed by atoms with Crippen molar-refractivity contribution in [1.82, 2.24) is 4.90 Å². The quantitative estimate of drug-likeness (QED) is 0.909. The molecule has 1 aliphatic rings. The lowest BCUT2D eigenvalue weighted by Gasteiger charge is -2.25. The van der Waals surface area contributed by atoms with Gasteiger partial charge in [0.15, 0.2) is 0 Å². The summed E-state index contributed by atoms with van der Waals surface area (Å²) in [5.74, 6) is -0.968. The second kappa shape index (κ2) is 7.51. The molecule has 1 heterocycles. The van der Waals surface area contributed by atoms with Crippen molar-refractivity contribution in [3.63, 3.8) is 0 Å². The molecule has 1 unspecified atom stereocenters. The number of carbonyl (C=O) groups is 2. The first-order chi connectivity index (χ1) is 12.0. The van der Waals surface area contributed by atoms with Gasteiger partial charge >= 0.3 is 5.97 Å². The van der Waals surface area contributed by atoms with Gasteiger partial charge in [0.2, 0.25) is 5.91 Å². The average Bonchev–Trinajstić information content (AvgIpc) is 3.05. The van der Waals surface area contributed by atoms with Gasteiger partial charge in [0.1, 0.15) is 0 Å². The summed E-state index contributed by atoms with van der Waals surface area (Å²) in [6, 6.07) is 15.4. The van der Waals surface area contributed by atoms with Crippen molar-refractivity contribution in [1.29, 1.82) is 0 Å². The molecule has 1 aliphatic heterocycles. The molecule has 4 nitrogen and oxygen atoms in total. The molecule has 0 saturated carbocycles. The van der Waals surface area contributed by atoms with E-state index in [-0.39, 0.29) is 23.9 Å². The first-order valence-electron chi connectivity index (χ1n) is 8.71. The minimum atomic E-state index is -0.985. The van der Waals surface area contributed by atoms with E-state index in [9.17, 15) is 14.7 Å². The summed E-state index contributed by atoms with van der Waals surface area (Å²) in [4.78, 5) is 26.0. The van der Waals surface area contributed by atoms with E-state index in [1.165, 1.54) is 11.1 Å². The highest BCUT2D eigenvalue weighted by molar-refractivity contribution is 5.91. The zero-order valence-corrected chi connectivity index (χ0v) is 14.4. The number of rotatable bonds is 5. The van der Waals surface area contributed by atoms with Crippen LogP contribution in [-0.2, 0) is 17.6 Å². The number of hydrogen-bond acceptors (Lipinski definition) is 2. The third kappa shape index (κ3) is 4.08. The third-order valence-corrected chi connectivity index (χ3v) is 4.88. The van der Waals surface area contributed by atoms with Gasteiger partial charge in [0.25, 0.3) is 0 Å². The number of aryl methyl sites for hydroxylation is 1. The van der Waals surface area contributed by atoms with Crippen molar-refractivity contribution in [2.75, 3.05) is 6.54 Å². The first-order valence-corrected chi connectivity index (χ1v) is 8.71. The minimum Gasteiger partial charge on any atom is -0.478 e. The Hall–Kier alpha value is -2.62. The van der Waals surface area contributed by atoms with Crippen molar-refractivity contribution in [2.24, 2.45) is 0 Å². The minimum absolute atomic E-state index is 0.0170. The SMILES string of the molecule is Cc1ccc(CC2CCCN2C(=O)Cc2ccccc2C(=O)O)cc1. The predicted octanol–water partition coefficient (Wildman–Crippen LogP) is 3.47. The van der Waals surface area contributed by atoms with Crippen molar-refractivity contribution in [3.8, 4) is 0 Å². The standard InChI is InChI=1S/C21H23NO3/c1-15-8-10-16(11-9-15)13-18-6-4-12-22(18)20(23)14-17-5-2-3-7-19(17)21(24)25/h2-3,5,7-11,18H,4,6,12-14H2,1H3,(H,24,25).